The minimum atomic E-state index is -0.0555. The van der Waals surface area contributed by atoms with Crippen molar-refractivity contribution in [3.8, 4) is 0 Å². The average molecular weight is 370 g/mol. The molecule has 0 radical (unpaired) electrons. The summed E-state index contributed by atoms with van der Waals surface area (Å²) in [4.78, 5) is 14.9. The Labute approximate surface area is 161 Å². The van der Waals surface area contributed by atoms with Gasteiger partial charge in [0.15, 0.2) is 0 Å². The number of nitrogens with zero attached hydrogens (tertiary/aromatic N) is 5. The molecule has 1 atom stereocenters. The lowest BCUT2D eigenvalue weighted by molar-refractivity contribution is 0.210. The maximum absolute atomic E-state index is 12.4. The molecule has 1 aliphatic heterocycles. The van der Waals surface area contributed by atoms with E-state index in [4.69, 9.17) is 5.10 Å². The van der Waals surface area contributed by atoms with Crippen molar-refractivity contribution in [3.05, 3.63) is 45.1 Å². The molecule has 0 spiro atoms. The minimum absolute atomic E-state index is 0.00345. The summed E-state index contributed by atoms with van der Waals surface area (Å²) in [6.45, 7) is 9.08. The molecule has 146 valence electrons. The van der Waals surface area contributed by atoms with Crippen molar-refractivity contribution in [1.29, 1.82) is 0 Å². The van der Waals surface area contributed by atoms with Gasteiger partial charge < -0.3 is 0 Å². The Morgan fingerprint density at radius 3 is 2.74 bits per heavy atom. The molecule has 1 saturated heterocycles. The quantitative estimate of drug-likeness (QED) is 0.831. The maximum atomic E-state index is 12.4. The van der Waals surface area contributed by atoms with Gasteiger partial charge in [-0.15, -0.1) is 0 Å². The van der Waals surface area contributed by atoms with Crippen LogP contribution in [0.3, 0.4) is 0 Å². The smallest absolute Gasteiger partial charge is 0.266 e. The monoisotopic (exact) mass is 369 g/mol. The summed E-state index contributed by atoms with van der Waals surface area (Å²) in [6, 6.07) is 3.89. The standard InChI is InChI=1S/C21H31N5O/c1-21(2,3)19-10-11-20(27)26(23-19)13-15-7-6-12-25(15)14-18-16-8-5-9-17(16)22-24(18)4/h10-11,15H,5-9,12-14H2,1-4H3. The Morgan fingerprint density at radius 1 is 1.15 bits per heavy atom. The van der Waals surface area contributed by atoms with Gasteiger partial charge in [0.1, 0.15) is 0 Å². The molecule has 27 heavy (non-hydrogen) atoms. The third kappa shape index (κ3) is 3.59. The number of rotatable bonds is 4. The number of fused-ring (bicyclic) bond motifs is 1. The third-order valence-corrected chi connectivity index (χ3v) is 6.07. The van der Waals surface area contributed by atoms with E-state index in [9.17, 15) is 4.79 Å². The summed E-state index contributed by atoms with van der Waals surface area (Å²) in [7, 11) is 2.07. The van der Waals surface area contributed by atoms with Crippen LogP contribution in [-0.4, -0.2) is 37.0 Å². The molecule has 0 N–H and O–H groups in total. The Kier molecular flexibility index (Phi) is 4.70. The first-order valence-corrected chi connectivity index (χ1v) is 10.2. The zero-order chi connectivity index (χ0) is 19.2. The van der Waals surface area contributed by atoms with Crippen LogP contribution in [0.5, 0.6) is 0 Å². The van der Waals surface area contributed by atoms with E-state index in [2.05, 4.69) is 42.5 Å². The molecule has 6 heteroatoms. The Bertz CT molecular complexity index is 889. The van der Waals surface area contributed by atoms with Gasteiger partial charge in [-0.1, -0.05) is 20.8 Å². The van der Waals surface area contributed by atoms with E-state index in [0.29, 0.717) is 12.6 Å². The van der Waals surface area contributed by atoms with Crippen LogP contribution in [0.1, 0.15) is 62.7 Å². The van der Waals surface area contributed by atoms with Gasteiger partial charge >= 0.3 is 0 Å². The summed E-state index contributed by atoms with van der Waals surface area (Å²) in [5.41, 5.74) is 5.03. The number of aryl methyl sites for hydroxylation is 2. The van der Waals surface area contributed by atoms with Crippen LogP contribution in [0.15, 0.2) is 16.9 Å². The highest BCUT2D eigenvalue weighted by molar-refractivity contribution is 5.30. The summed E-state index contributed by atoms with van der Waals surface area (Å²) in [5, 5.41) is 9.39. The first kappa shape index (κ1) is 18.4. The predicted molar refractivity (Wildman–Crippen MR) is 106 cm³/mol. The molecule has 1 unspecified atom stereocenters. The molecule has 3 heterocycles. The van der Waals surface area contributed by atoms with Gasteiger partial charge in [-0.05, 0) is 50.3 Å². The zero-order valence-corrected chi connectivity index (χ0v) is 17.0. The molecule has 2 aromatic heterocycles. The highest BCUT2D eigenvalue weighted by atomic mass is 16.1. The SMILES string of the molecule is Cn1nc2c(c1CN1CCCC1Cn1nc(C(C)(C)C)ccc1=O)CCC2. The van der Waals surface area contributed by atoms with Crippen LogP contribution in [0.25, 0.3) is 0 Å². The number of hydrogen-bond acceptors (Lipinski definition) is 4. The normalized spacial score (nSPS) is 20.4. The molecule has 0 saturated carbocycles. The minimum Gasteiger partial charge on any atom is -0.293 e. The molecular weight excluding hydrogens is 338 g/mol. The van der Waals surface area contributed by atoms with Gasteiger partial charge in [0, 0.05) is 31.1 Å². The Balaban J connectivity index is 1.54. The third-order valence-electron chi connectivity index (χ3n) is 6.07. The van der Waals surface area contributed by atoms with Crippen molar-refractivity contribution in [2.75, 3.05) is 6.54 Å². The van der Waals surface area contributed by atoms with Crippen LogP contribution >= 0.6 is 0 Å². The van der Waals surface area contributed by atoms with Crippen LogP contribution < -0.4 is 5.56 Å². The first-order valence-electron chi connectivity index (χ1n) is 10.2. The Hall–Kier alpha value is -1.95. The second-order valence-electron chi connectivity index (χ2n) is 9.10. The van der Waals surface area contributed by atoms with Crippen molar-refractivity contribution < 1.29 is 0 Å². The van der Waals surface area contributed by atoms with Gasteiger partial charge in [-0.25, -0.2) is 4.68 Å². The van der Waals surface area contributed by atoms with Crippen LogP contribution in [0, 0.1) is 0 Å². The predicted octanol–water partition coefficient (Wildman–Crippen LogP) is 2.43. The second kappa shape index (κ2) is 6.89. The lowest BCUT2D eigenvalue weighted by atomic mass is 9.92. The zero-order valence-electron chi connectivity index (χ0n) is 17.0. The lowest BCUT2D eigenvalue weighted by Crippen LogP contribution is -2.38. The van der Waals surface area contributed by atoms with E-state index in [-0.39, 0.29) is 11.0 Å². The number of hydrogen-bond donors (Lipinski definition) is 0. The maximum Gasteiger partial charge on any atom is 0.266 e. The summed E-state index contributed by atoms with van der Waals surface area (Å²) in [6.07, 6.45) is 5.80. The van der Waals surface area contributed by atoms with Crippen LogP contribution in [-0.2, 0) is 38.4 Å². The second-order valence-corrected chi connectivity index (χ2v) is 9.10. The van der Waals surface area contributed by atoms with Crippen molar-refractivity contribution in [2.24, 2.45) is 7.05 Å². The fourth-order valence-corrected chi connectivity index (χ4v) is 4.47. The number of aromatic nitrogens is 4. The van der Waals surface area contributed by atoms with E-state index in [0.717, 1.165) is 38.0 Å². The van der Waals surface area contributed by atoms with E-state index in [1.54, 1.807) is 10.7 Å². The highest BCUT2D eigenvalue weighted by Crippen LogP contribution is 2.28. The van der Waals surface area contributed by atoms with E-state index in [1.165, 1.54) is 29.8 Å². The molecule has 0 aromatic carbocycles. The molecule has 4 rings (SSSR count). The average Bonchev–Trinajstić information content (AvgIpc) is 3.28. The van der Waals surface area contributed by atoms with E-state index < -0.39 is 0 Å². The van der Waals surface area contributed by atoms with Crippen LogP contribution in [0.2, 0.25) is 0 Å². The van der Waals surface area contributed by atoms with Gasteiger partial charge in [0.2, 0.25) is 0 Å². The highest BCUT2D eigenvalue weighted by Gasteiger charge is 2.29. The lowest BCUT2D eigenvalue weighted by Gasteiger charge is -2.26. The van der Waals surface area contributed by atoms with Gasteiger partial charge in [-0.2, -0.15) is 10.2 Å². The summed E-state index contributed by atoms with van der Waals surface area (Å²) >= 11 is 0. The molecule has 0 amide bonds. The molecule has 2 aromatic rings. The fourth-order valence-electron chi connectivity index (χ4n) is 4.47. The molecule has 6 nitrogen and oxygen atoms in total. The van der Waals surface area contributed by atoms with Gasteiger partial charge in [0.05, 0.1) is 23.6 Å². The largest absolute Gasteiger partial charge is 0.293 e. The first-order chi connectivity index (χ1) is 12.8. The van der Waals surface area contributed by atoms with Crippen molar-refractivity contribution in [2.45, 2.75) is 77.4 Å². The van der Waals surface area contributed by atoms with Crippen molar-refractivity contribution in [1.82, 2.24) is 24.5 Å². The summed E-state index contributed by atoms with van der Waals surface area (Å²) < 4.78 is 3.75. The van der Waals surface area contributed by atoms with E-state index >= 15 is 0 Å². The molecule has 1 aliphatic carbocycles. The van der Waals surface area contributed by atoms with Gasteiger partial charge in [0.25, 0.3) is 5.56 Å². The van der Waals surface area contributed by atoms with Crippen molar-refractivity contribution >= 4 is 0 Å². The summed E-state index contributed by atoms with van der Waals surface area (Å²) in [5.74, 6) is 0. The number of likely N-dealkylation sites (tertiary alicyclic amines) is 1. The van der Waals surface area contributed by atoms with Crippen molar-refractivity contribution in [3.63, 3.8) is 0 Å². The fraction of sp³-hybridized carbons (Fsp3) is 0.667. The molecule has 0 bridgehead atoms. The molecular formula is C21H31N5O. The molecule has 2 aliphatic rings. The van der Waals surface area contributed by atoms with E-state index in [1.807, 2.05) is 6.07 Å². The Morgan fingerprint density at radius 2 is 1.96 bits per heavy atom. The van der Waals surface area contributed by atoms with Gasteiger partial charge in [-0.3, -0.25) is 14.4 Å². The topological polar surface area (TPSA) is 56.0 Å². The molecule has 1 fully saturated rings. The van der Waals surface area contributed by atoms with Crippen LogP contribution in [0.4, 0.5) is 0 Å².